The van der Waals surface area contributed by atoms with E-state index in [0.717, 1.165) is 0 Å². The highest BCUT2D eigenvalue weighted by atomic mass is 16.6. The highest BCUT2D eigenvalue weighted by Gasteiger charge is 2.34. The van der Waals surface area contributed by atoms with Gasteiger partial charge in [-0.15, -0.1) is 0 Å². The van der Waals surface area contributed by atoms with E-state index >= 15 is 0 Å². The van der Waals surface area contributed by atoms with E-state index in [1.54, 1.807) is 26.0 Å². The first-order chi connectivity index (χ1) is 10.1. The van der Waals surface area contributed by atoms with Crippen molar-refractivity contribution in [2.45, 2.75) is 13.8 Å². The Morgan fingerprint density at radius 2 is 1.90 bits per heavy atom. The number of esters is 1. The van der Waals surface area contributed by atoms with Gasteiger partial charge in [0.2, 0.25) is 0 Å². The Morgan fingerprint density at radius 3 is 2.52 bits per heavy atom. The van der Waals surface area contributed by atoms with Crippen LogP contribution in [0.2, 0.25) is 0 Å². The van der Waals surface area contributed by atoms with E-state index in [4.69, 9.17) is 4.74 Å². The maximum atomic E-state index is 12.5. The predicted octanol–water partition coefficient (Wildman–Crippen LogP) is 1.88. The monoisotopic (exact) mass is 283 g/mol. The van der Waals surface area contributed by atoms with Gasteiger partial charge in [0.05, 0.1) is 11.4 Å². The third kappa shape index (κ3) is 2.35. The molecular formula is C15H13N3O3. The molecule has 0 unspecified atom stereocenters. The SMILES string of the molecule is CC1=N/C(=C\[C@@H]2C(=O)N(c3ccccc3)N=C2C)C(=O)O1. The van der Waals surface area contributed by atoms with Gasteiger partial charge in [-0.05, 0) is 25.1 Å². The highest BCUT2D eigenvalue weighted by molar-refractivity contribution is 6.17. The third-order valence-electron chi connectivity index (χ3n) is 3.24. The average molecular weight is 283 g/mol. The van der Waals surface area contributed by atoms with Gasteiger partial charge in [-0.25, -0.2) is 9.79 Å². The van der Waals surface area contributed by atoms with Gasteiger partial charge >= 0.3 is 5.97 Å². The van der Waals surface area contributed by atoms with E-state index in [2.05, 4.69) is 10.1 Å². The van der Waals surface area contributed by atoms with Gasteiger partial charge in [0.25, 0.3) is 5.91 Å². The van der Waals surface area contributed by atoms with Crippen molar-refractivity contribution in [1.82, 2.24) is 0 Å². The van der Waals surface area contributed by atoms with Crippen LogP contribution < -0.4 is 5.01 Å². The summed E-state index contributed by atoms with van der Waals surface area (Å²) >= 11 is 0. The molecule has 0 fully saturated rings. The first-order valence-electron chi connectivity index (χ1n) is 6.49. The molecule has 2 aliphatic rings. The normalized spacial score (nSPS) is 23.4. The second-order valence-corrected chi connectivity index (χ2v) is 4.78. The average Bonchev–Trinajstić information content (AvgIpc) is 2.93. The fourth-order valence-corrected chi connectivity index (χ4v) is 2.21. The Balaban J connectivity index is 1.90. The van der Waals surface area contributed by atoms with Crippen LogP contribution in [-0.2, 0) is 14.3 Å². The Kier molecular flexibility index (Phi) is 3.13. The summed E-state index contributed by atoms with van der Waals surface area (Å²) < 4.78 is 4.84. The lowest BCUT2D eigenvalue weighted by molar-refractivity contribution is -0.130. The number of amides is 1. The van der Waals surface area contributed by atoms with Gasteiger partial charge in [0.1, 0.15) is 11.6 Å². The van der Waals surface area contributed by atoms with Crippen LogP contribution in [0.5, 0.6) is 0 Å². The number of cyclic esters (lactones) is 1. The van der Waals surface area contributed by atoms with E-state index < -0.39 is 11.9 Å². The van der Waals surface area contributed by atoms with Gasteiger partial charge in [-0.3, -0.25) is 4.79 Å². The number of hydrogen-bond donors (Lipinski definition) is 0. The number of rotatable bonds is 2. The predicted molar refractivity (Wildman–Crippen MR) is 77.8 cm³/mol. The summed E-state index contributed by atoms with van der Waals surface area (Å²) in [4.78, 5) is 28.0. The van der Waals surface area contributed by atoms with Gasteiger partial charge < -0.3 is 4.74 Å². The number of anilines is 1. The topological polar surface area (TPSA) is 71.3 Å². The van der Waals surface area contributed by atoms with Crippen molar-refractivity contribution < 1.29 is 14.3 Å². The fourth-order valence-electron chi connectivity index (χ4n) is 2.21. The van der Waals surface area contributed by atoms with E-state index in [0.29, 0.717) is 11.4 Å². The Morgan fingerprint density at radius 1 is 1.19 bits per heavy atom. The molecule has 2 heterocycles. The van der Waals surface area contributed by atoms with Crippen LogP contribution in [-0.4, -0.2) is 23.5 Å². The lowest BCUT2D eigenvalue weighted by Gasteiger charge is -2.12. The second kappa shape index (κ2) is 4.97. The molecule has 1 aromatic carbocycles. The van der Waals surface area contributed by atoms with Crippen LogP contribution in [0, 0.1) is 5.92 Å². The molecule has 0 spiro atoms. The minimum atomic E-state index is -0.595. The molecule has 0 aliphatic carbocycles. The van der Waals surface area contributed by atoms with Crippen molar-refractivity contribution in [1.29, 1.82) is 0 Å². The summed E-state index contributed by atoms with van der Waals surface area (Å²) in [6.07, 6.45) is 1.50. The molecule has 0 saturated carbocycles. The first-order valence-corrected chi connectivity index (χ1v) is 6.49. The molecular weight excluding hydrogens is 270 g/mol. The molecule has 1 aromatic rings. The molecule has 0 saturated heterocycles. The smallest absolute Gasteiger partial charge is 0.363 e. The number of para-hydroxylation sites is 1. The lowest BCUT2D eigenvalue weighted by Crippen LogP contribution is -2.26. The first kappa shape index (κ1) is 13.2. The summed E-state index contributed by atoms with van der Waals surface area (Å²) in [5, 5.41) is 5.60. The number of hydrazone groups is 1. The molecule has 1 atom stereocenters. The number of benzene rings is 1. The van der Waals surface area contributed by atoms with Crippen molar-refractivity contribution in [3.63, 3.8) is 0 Å². The number of ether oxygens (including phenoxy) is 1. The van der Waals surface area contributed by atoms with Crippen LogP contribution >= 0.6 is 0 Å². The minimum absolute atomic E-state index is 0.148. The van der Waals surface area contributed by atoms with Crippen LogP contribution in [0.15, 0.2) is 52.2 Å². The molecule has 21 heavy (non-hydrogen) atoms. The summed E-state index contributed by atoms with van der Waals surface area (Å²) in [5.41, 5.74) is 1.45. The van der Waals surface area contributed by atoms with Gasteiger partial charge in [-0.1, -0.05) is 18.2 Å². The van der Waals surface area contributed by atoms with Gasteiger partial charge in [-0.2, -0.15) is 10.1 Å². The summed E-state index contributed by atoms with van der Waals surface area (Å²) in [5.74, 6) is -1.06. The van der Waals surface area contributed by atoms with Crippen molar-refractivity contribution in [3.8, 4) is 0 Å². The molecule has 0 bridgehead atoms. The van der Waals surface area contributed by atoms with Crippen molar-refractivity contribution in [3.05, 3.63) is 42.1 Å². The molecule has 6 nitrogen and oxygen atoms in total. The van der Waals surface area contributed by atoms with Crippen LogP contribution in [0.25, 0.3) is 0 Å². The number of aliphatic imine (C=N–C) groups is 1. The summed E-state index contributed by atoms with van der Waals surface area (Å²) in [6, 6.07) is 9.14. The molecule has 106 valence electrons. The van der Waals surface area contributed by atoms with E-state index in [1.807, 2.05) is 18.2 Å². The standard InChI is InChI=1S/C15H13N3O3/c1-9-12(8-13-15(20)21-10(2)16-13)14(19)18(17-9)11-6-4-3-5-7-11/h3-8,12H,1-2H3/b13-8-/t12-/m0/s1. The maximum Gasteiger partial charge on any atom is 0.363 e. The van der Waals surface area contributed by atoms with Gasteiger partial charge in [0.15, 0.2) is 5.90 Å². The minimum Gasteiger partial charge on any atom is -0.407 e. The Hall–Kier alpha value is -2.76. The Labute approximate surface area is 121 Å². The second-order valence-electron chi connectivity index (χ2n) is 4.78. The van der Waals surface area contributed by atoms with Crippen LogP contribution in [0.4, 0.5) is 5.69 Å². The molecule has 0 aromatic heterocycles. The molecule has 0 N–H and O–H groups in total. The zero-order chi connectivity index (χ0) is 15.0. The number of carbonyl (C=O) groups is 2. The maximum absolute atomic E-state index is 12.5. The van der Waals surface area contributed by atoms with E-state index in [1.165, 1.54) is 11.1 Å². The fraction of sp³-hybridized carbons (Fsp3) is 0.200. The number of carbonyl (C=O) groups excluding carboxylic acids is 2. The van der Waals surface area contributed by atoms with Crippen molar-refractivity contribution in [2.75, 3.05) is 5.01 Å². The quantitative estimate of drug-likeness (QED) is 0.614. The van der Waals surface area contributed by atoms with Crippen LogP contribution in [0.1, 0.15) is 13.8 Å². The molecule has 0 radical (unpaired) electrons. The zero-order valence-corrected chi connectivity index (χ0v) is 11.6. The lowest BCUT2D eigenvalue weighted by atomic mass is 10.0. The zero-order valence-electron chi connectivity index (χ0n) is 11.6. The molecule has 2 aliphatic heterocycles. The van der Waals surface area contributed by atoms with E-state index in [9.17, 15) is 9.59 Å². The van der Waals surface area contributed by atoms with Crippen molar-refractivity contribution in [2.24, 2.45) is 16.0 Å². The number of nitrogens with zero attached hydrogens (tertiary/aromatic N) is 3. The third-order valence-corrected chi connectivity index (χ3v) is 3.24. The summed E-state index contributed by atoms with van der Waals surface area (Å²) in [7, 11) is 0. The summed E-state index contributed by atoms with van der Waals surface area (Å²) in [6.45, 7) is 3.34. The van der Waals surface area contributed by atoms with Crippen LogP contribution in [0.3, 0.4) is 0 Å². The van der Waals surface area contributed by atoms with E-state index in [-0.39, 0.29) is 17.5 Å². The highest BCUT2D eigenvalue weighted by Crippen LogP contribution is 2.26. The molecule has 1 amide bonds. The molecule has 3 rings (SSSR count). The Bertz CT molecular complexity index is 704. The largest absolute Gasteiger partial charge is 0.407 e. The molecule has 6 heteroatoms. The van der Waals surface area contributed by atoms with Crippen molar-refractivity contribution >= 4 is 29.2 Å². The van der Waals surface area contributed by atoms with Gasteiger partial charge in [0, 0.05) is 6.92 Å². The number of hydrogen-bond acceptors (Lipinski definition) is 5.